The van der Waals surface area contributed by atoms with Crippen molar-refractivity contribution < 1.29 is 17.9 Å². The smallest absolute Gasteiger partial charge is 0.244 e. The van der Waals surface area contributed by atoms with Crippen LogP contribution in [0.2, 0.25) is 0 Å². The zero-order valence-corrected chi connectivity index (χ0v) is 15.9. The Kier molecular flexibility index (Phi) is 6.58. The summed E-state index contributed by atoms with van der Waals surface area (Å²) in [6.45, 7) is 1.96. The predicted octanol–water partition coefficient (Wildman–Crippen LogP) is 3.38. The number of carbonyl (C=O) groups is 1. The molecule has 0 radical (unpaired) electrons. The van der Waals surface area contributed by atoms with Gasteiger partial charge in [0.2, 0.25) is 5.91 Å². The molecule has 0 heterocycles. The van der Waals surface area contributed by atoms with E-state index < -0.39 is 9.84 Å². The fourth-order valence-electron chi connectivity index (χ4n) is 2.48. The molecule has 0 aliphatic carbocycles. The van der Waals surface area contributed by atoms with Gasteiger partial charge in [-0.15, -0.1) is 0 Å². The van der Waals surface area contributed by atoms with Gasteiger partial charge in [-0.25, -0.2) is 8.42 Å². The number of methoxy groups -OCH3 is 1. The SMILES string of the molecule is CCC(NC(=O)/C=C/c1ccc(OC)cc1)c1ccc(S(C)(=O)=O)cc1. The Morgan fingerprint density at radius 2 is 1.73 bits per heavy atom. The third-order valence-electron chi connectivity index (χ3n) is 3.98. The Morgan fingerprint density at radius 3 is 2.23 bits per heavy atom. The van der Waals surface area contributed by atoms with Crippen molar-refractivity contribution in [1.29, 1.82) is 0 Å². The molecule has 1 N–H and O–H groups in total. The van der Waals surface area contributed by atoms with Gasteiger partial charge in [0.1, 0.15) is 5.75 Å². The summed E-state index contributed by atoms with van der Waals surface area (Å²) in [5.74, 6) is 0.551. The van der Waals surface area contributed by atoms with Gasteiger partial charge in [-0.3, -0.25) is 4.79 Å². The Labute approximate surface area is 154 Å². The van der Waals surface area contributed by atoms with Crippen molar-refractivity contribution in [1.82, 2.24) is 5.32 Å². The van der Waals surface area contributed by atoms with Crippen LogP contribution in [0.3, 0.4) is 0 Å². The van der Waals surface area contributed by atoms with E-state index in [-0.39, 0.29) is 16.8 Å². The minimum atomic E-state index is -3.23. The molecule has 2 aromatic rings. The molecule has 2 aromatic carbocycles. The first-order valence-electron chi connectivity index (χ1n) is 8.26. The lowest BCUT2D eigenvalue weighted by Gasteiger charge is -2.16. The maximum atomic E-state index is 12.2. The van der Waals surface area contributed by atoms with Crippen molar-refractivity contribution in [3.8, 4) is 5.75 Å². The third-order valence-corrected chi connectivity index (χ3v) is 5.11. The Morgan fingerprint density at radius 1 is 1.12 bits per heavy atom. The summed E-state index contributed by atoms with van der Waals surface area (Å²) in [7, 11) is -1.62. The third kappa shape index (κ3) is 5.46. The highest BCUT2D eigenvalue weighted by Crippen LogP contribution is 2.19. The lowest BCUT2D eigenvalue weighted by Crippen LogP contribution is -2.26. The molecule has 26 heavy (non-hydrogen) atoms. The summed E-state index contributed by atoms with van der Waals surface area (Å²) in [6, 6.07) is 13.8. The summed E-state index contributed by atoms with van der Waals surface area (Å²) in [5.41, 5.74) is 1.76. The first-order valence-corrected chi connectivity index (χ1v) is 10.1. The minimum Gasteiger partial charge on any atom is -0.497 e. The number of nitrogens with one attached hydrogen (secondary N) is 1. The molecule has 0 aromatic heterocycles. The van der Waals surface area contributed by atoms with E-state index in [0.717, 1.165) is 16.9 Å². The van der Waals surface area contributed by atoms with Gasteiger partial charge in [-0.05, 0) is 47.9 Å². The van der Waals surface area contributed by atoms with Gasteiger partial charge in [-0.1, -0.05) is 31.2 Å². The van der Waals surface area contributed by atoms with E-state index in [2.05, 4.69) is 5.32 Å². The molecular formula is C20H23NO4S. The molecule has 0 spiro atoms. The second-order valence-electron chi connectivity index (χ2n) is 5.92. The molecule has 1 amide bonds. The normalized spacial score (nSPS) is 12.7. The molecule has 138 valence electrons. The molecule has 2 rings (SSSR count). The van der Waals surface area contributed by atoms with Crippen LogP contribution < -0.4 is 10.1 Å². The van der Waals surface area contributed by atoms with Crippen LogP contribution in [-0.4, -0.2) is 27.7 Å². The molecule has 0 saturated carbocycles. The van der Waals surface area contributed by atoms with Crippen LogP contribution in [0.1, 0.15) is 30.5 Å². The maximum Gasteiger partial charge on any atom is 0.244 e. The standard InChI is InChI=1S/C20H23NO4S/c1-4-19(16-8-12-18(13-9-16)26(3,23)24)21-20(22)14-7-15-5-10-17(25-2)11-6-15/h5-14,19H,4H2,1-3H3,(H,21,22)/b14-7+. The minimum absolute atomic E-state index is 0.184. The molecule has 0 bridgehead atoms. The van der Waals surface area contributed by atoms with Gasteiger partial charge in [0.25, 0.3) is 0 Å². The summed E-state index contributed by atoms with van der Waals surface area (Å²) in [4.78, 5) is 12.5. The molecule has 5 nitrogen and oxygen atoms in total. The van der Waals surface area contributed by atoms with Gasteiger partial charge in [0, 0.05) is 12.3 Å². The van der Waals surface area contributed by atoms with Crippen LogP contribution in [0.15, 0.2) is 59.5 Å². The van der Waals surface area contributed by atoms with Gasteiger partial charge in [-0.2, -0.15) is 0 Å². The summed E-state index contributed by atoms with van der Waals surface area (Å²) >= 11 is 0. The molecule has 0 aliphatic heterocycles. The van der Waals surface area contributed by atoms with Gasteiger partial charge in [0.15, 0.2) is 9.84 Å². The molecule has 1 atom stereocenters. The highest BCUT2D eigenvalue weighted by atomic mass is 32.2. The van der Waals surface area contributed by atoms with Crippen LogP contribution >= 0.6 is 0 Å². The van der Waals surface area contributed by atoms with Crippen LogP contribution in [0, 0.1) is 0 Å². The zero-order valence-electron chi connectivity index (χ0n) is 15.1. The number of amides is 1. The first kappa shape index (κ1) is 19.7. The van der Waals surface area contributed by atoms with E-state index in [0.29, 0.717) is 6.42 Å². The van der Waals surface area contributed by atoms with Crippen molar-refractivity contribution in [2.75, 3.05) is 13.4 Å². The molecule has 0 fully saturated rings. The lowest BCUT2D eigenvalue weighted by atomic mass is 10.0. The number of hydrogen-bond donors (Lipinski definition) is 1. The highest BCUT2D eigenvalue weighted by Gasteiger charge is 2.13. The lowest BCUT2D eigenvalue weighted by molar-refractivity contribution is -0.117. The molecule has 0 aliphatic rings. The molecule has 6 heteroatoms. The van der Waals surface area contributed by atoms with Crippen molar-refractivity contribution in [3.05, 3.63) is 65.7 Å². The Hall–Kier alpha value is -2.60. The second-order valence-corrected chi connectivity index (χ2v) is 7.93. The van der Waals surface area contributed by atoms with Crippen molar-refractivity contribution in [2.45, 2.75) is 24.3 Å². The van der Waals surface area contributed by atoms with E-state index in [4.69, 9.17) is 4.74 Å². The second kappa shape index (κ2) is 8.67. The molecule has 0 saturated heterocycles. The van der Waals surface area contributed by atoms with E-state index in [1.165, 1.54) is 12.3 Å². The van der Waals surface area contributed by atoms with E-state index in [1.54, 1.807) is 37.5 Å². The van der Waals surface area contributed by atoms with Crippen LogP contribution in [0.25, 0.3) is 6.08 Å². The average molecular weight is 373 g/mol. The number of rotatable bonds is 7. The van der Waals surface area contributed by atoms with Crippen LogP contribution in [-0.2, 0) is 14.6 Å². The van der Waals surface area contributed by atoms with Crippen molar-refractivity contribution in [3.63, 3.8) is 0 Å². The fourth-order valence-corrected chi connectivity index (χ4v) is 3.11. The topological polar surface area (TPSA) is 72.5 Å². The van der Waals surface area contributed by atoms with E-state index in [9.17, 15) is 13.2 Å². The Balaban J connectivity index is 2.04. The Bertz CT molecular complexity index is 869. The quantitative estimate of drug-likeness (QED) is 0.755. The molecule has 1 unspecified atom stereocenters. The fraction of sp³-hybridized carbons (Fsp3) is 0.250. The van der Waals surface area contributed by atoms with Crippen LogP contribution in [0.5, 0.6) is 5.75 Å². The van der Waals surface area contributed by atoms with Crippen molar-refractivity contribution in [2.24, 2.45) is 0 Å². The van der Waals surface area contributed by atoms with Gasteiger partial charge >= 0.3 is 0 Å². The first-order chi connectivity index (χ1) is 12.3. The number of ether oxygens (including phenoxy) is 1. The maximum absolute atomic E-state index is 12.2. The van der Waals surface area contributed by atoms with E-state index >= 15 is 0 Å². The average Bonchev–Trinajstić information content (AvgIpc) is 2.64. The highest BCUT2D eigenvalue weighted by molar-refractivity contribution is 7.90. The largest absolute Gasteiger partial charge is 0.497 e. The molecular weight excluding hydrogens is 350 g/mol. The summed E-state index contributed by atoms with van der Waals surface area (Å²) < 4.78 is 28.2. The predicted molar refractivity (Wildman–Crippen MR) is 103 cm³/mol. The van der Waals surface area contributed by atoms with Gasteiger partial charge in [0.05, 0.1) is 18.0 Å². The van der Waals surface area contributed by atoms with Crippen LogP contribution in [0.4, 0.5) is 0 Å². The summed E-state index contributed by atoms with van der Waals surface area (Å²) in [5, 5.41) is 2.93. The summed E-state index contributed by atoms with van der Waals surface area (Å²) in [6.07, 6.45) is 5.08. The number of benzene rings is 2. The number of carbonyl (C=O) groups excluding carboxylic acids is 1. The van der Waals surface area contributed by atoms with E-state index in [1.807, 2.05) is 31.2 Å². The van der Waals surface area contributed by atoms with Crippen molar-refractivity contribution >= 4 is 21.8 Å². The van der Waals surface area contributed by atoms with Gasteiger partial charge < -0.3 is 10.1 Å². The number of sulfone groups is 1. The number of hydrogen-bond acceptors (Lipinski definition) is 4. The zero-order chi connectivity index (χ0) is 19.2. The monoisotopic (exact) mass is 373 g/mol.